The number of thiophene rings is 2. The Balaban J connectivity index is 0.000000132. The number of furan rings is 1. The van der Waals surface area contributed by atoms with Crippen molar-refractivity contribution < 1.29 is 4.42 Å². The lowest BCUT2D eigenvalue weighted by molar-refractivity contribution is 0.660. The van der Waals surface area contributed by atoms with E-state index in [2.05, 4.69) is 414 Å². The van der Waals surface area contributed by atoms with Crippen LogP contribution in [0.5, 0.6) is 0 Å². The highest BCUT2D eigenvalue weighted by Crippen LogP contribution is 2.53. The minimum absolute atomic E-state index is 0.0792. The first-order chi connectivity index (χ1) is 58.3. The molecule has 552 valence electrons. The Morgan fingerprint density at radius 3 is 1.12 bits per heavy atom. The Bertz CT molecular complexity index is 8550. The molecule has 25 aromatic rings. The Hall–Kier alpha value is -14.6. The monoisotopic (exact) mass is 1540 g/mol. The van der Waals surface area contributed by atoms with Crippen LogP contribution in [0.3, 0.4) is 0 Å². The zero-order chi connectivity index (χ0) is 77.6. The third kappa shape index (κ3) is 9.89. The van der Waals surface area contributed by atoms with Gasteiger partial charge in [-0.05, 0) is 201 Å². The normalized spacial score (nSPS) is 12.7. The lowest BCUT2D eigenvalue weighted by Crippen LogP contribution is -2.14. The first kappa shape index (κ1) is 66.8. The van der Waals surface area contributed by atoms with Gasteiger partial charge in [-0.25, -0.2) is 0 Å². The van der Waals surface area contributed by atoms with Gasteiger partial charge in [0.05, 0.1) is 44.1 Å². The van der Waals surface area contributed by atoms with E-state index in [1.165, 1.54) is 206 Å². The van der Waals surface area contributed by atoms with Crippen molar-refractivity contribution in [2.45, 2.75) is 19.3 Å². The summed E-state index contributed by atoms with van der Waals surface area (Å²) >= 11 is 3.78. The predicted octanol–water partition coefficient (Wildman–Crippen LogP) is 31.4. The summed E-state index contributed by atoms with van der Waals surface area (Å²) in [4.78, 5) is 0. The molecule has 26 rings (SSSR count). The minimum atomic E-state index is -0.0792. The van der Waals surface area contributed by atoms with Crippen LogP contribution < -0.4 is 0 Å². The second-order valence-corrected chi connectivity index (χ2v) is 34.2. The van der Waals surface area contributed by atoms with Crippen molar-refractivity contribution in [3.05, 3.63) is 399 Å². The van der Waals surface area contributed by atoms with Gasteiger partial charge in [-0.3, -0.25) is 0 Å². The molecule has 0 saturated carbocycles. The van der Waals surface area contributed by atoms with Gasteiger partial charge in [-0.2, -0.15) is 0 Å². The van der Waals surface area contributed by atoms with Crippen LogP contribution in [0.4, 0.5) is 0 Å². The number of nitrogens with zero attached hydrogens (tertiary/aromatic N) is 4. The summed E-state index contributed by atoms with van der Waals surface area (Å²) in [7, 11) is 0. The topological polar surface area (TPSA) is 32.9 Å². The molecule has 7 heteroatoms. The van der Waals surface area contributed by atoms with E-state index in [1.807, 2.05) is 28.7 Å². The van der Waals surface area contributed by atoms with Crippen LogP contribution in [0.25, 0.3) is 228 Å². The summed E-state index contributed by atoms with van der Waals surface area (Å²) in [6.45, 7) is 4.75. The van der Waals surface area contributed by atoms with Gasteiger partial charge in [0, 0.05) is 133 Å². The Morgan fingerprint density at radius 1 is 0.212 bits per heavy atom. The lowest BCUT2D eigenvalue weighted by Gasteiger charge is -2.22. The van der Waals surface area contributed by atoms with Crippen LogP contribution in [0, 0.1) is 0 Å². The van der Waals surface area contributed by atoms with Crippen LogP contribution in [0.2, 0.25) is 0 Å². The Morgan fingerprint density at radius 2 is 0.576 bits per heavy atom. The maximum absolute atomic E-state index is 6.26. The van der Waals surface area contributed by atoms with E-state index in [9.17, 15) is 0 Å². The van der Waals surface area contributed by atoms with Crippen molar-refractivity contribution in [3.63, 3.8) is 0 Å². The smallest absolute Gasteiger partial charge is 0.135 e. The SMILES string of the molecule is CC1(C)c2ccccc2-c2ccc(-c3cc(-n4c5ccccc5c5cc(-c6cccc7c6c6ccccc6n7-c6ccccc6)ccc54)cc4c3sc3ccccc34)cc21.c1ccc(-n2c3ccccc3c3c(-c4ccc5c(c4)c4ccccc4n5-c4cc(-c5ccc6oc7ccccc7c6c5)c5sc6ccccc6c5c4)cccc32)cc1. The van der Waals surface area contributed by atoms with Crippen LogP contribution in [-0.2, 0) is 5.41 Å². The molecule has 0 N–H and O–H groups in total. The summed E-state index contributed by atoms with van der Waals surface area (Å²) in [5.74, 6) is 0. The van der Waals surface area contributed by atoms with Gasteiger partial charge in [0.15, 0.2) is 0 Å². The Labute approximate surface area is 686 Å². The second-order valence-electron chi connectivity index (χ2n) is 32.1. The van der Waals surface area contributed by atoms with Crippen LogP contribution >= 0.6 is 22.7 Å². The van der Waals surface area contributed by atoms with E-state index >= 15 is 0 Å². The van der Waals surface area contributed by atoms with E-state index in [4.69, 9.17) is 4.42 Å². The fourth-order valence-corrected chi connectivity index (χ4v) is 22.6. The zero-order valence-electron chi connectivity index (χ0n) is 64.5. The molecule has 1 aliphatic carbocycles. The second kappa shape index (κ2) is 25.7. The average Bonchev–Trinajstić information content (AvgIpc) is 1.56. The first-order valence-electron chi connectivity index (χ1n) is 40.6. The summed E-state index contributed by atoms with van der Waals surface area (Å²) in [6, 6.07) is 143. The molecule has 5 nitrogen and oxygen atoms in total. The fraction of sp³-hybridized carbons (Fsp3) is 0.0270. The van der Waals surface area contributed by atoms with Crippen molar-refractivity contribution in [1.29, 1.82) is 0 Å². The molecule has 7 heterocycles. The van der Waals surface area contributed by atoms with Gasteiger partial charge in [-0.1, -0.05) is 257 Å². The number of hydrogen-bond donors (Lipinski definition) is 0. The van der Waals surface area contributed by atoms with Gasteiger partial charge in [0.2, 0.25) is 0 Å². The molecular weight excluding hydrogens is 1470 g/mol. The molecule has 0 radical (unpaired) electrons. The molecule has 0 fully saturated rings. The minimum Gasteiger partial charge on any atom is -0.456 e. The van der Waals surface area contributed by atoms with Crippen LogP contribution in [-0.4, -0.2) is 18.3 Å². The maximum Gasteiger partial charge on any atom is 0.135 e. The van der Waals surface area contributed by atoms with Crippen LogP contribution in [0.1, 0.15) is 25.0 Å². The number of para-hydroxylation sites is 7. The maximum atomic E-state index is 6.26. The molecule has 118 heavy (non-hydrogen) atoms. The van der Waals surface area contributed by atoms with Gasteiger partial charge >= 0.3 is 0 Å². The van der Waals surface area contributed by atoms with Crippen LogP contribution in [0.15, 0.2) is 393 Å². The molecular formula is C111H70N4OS2. The largest absolute Gasteiger partial charge is 0.456 e. The molecule has 0 saturated heterocycles. The highest BCUT2D eigenvalue weighted by atomic mass is 32.1. The molecule has 0 unspecified atom stereocenters. The van der Waals surface area contributed by atoms with E-state index < -0.39 is 0 Å². The van der Waals surface area contributed by atoms with Gasteiger partial charge in [0.1, 0.15) is 11.2 Å². The van der Waals surface area contributed by atoms with E-state index in [0.717, 1.165) is 33.3 Å². The van der Waals surface area contributed by atoms with E-state index in [-0.39, 0.29) is 5.41 Å². The molecule has 0 spiro atoms. The highest BCUT2D eigenvalue weighted by molar-refractivity contribution is 7.26. The fourth-order valence-electron chi connectivity index (χ4n) is 20.1. The predicted molar refractivity (Wildman–Crippen MR) is 503 cm³/mol. The third-order valence-electron chi connectivity index (χ3n) is 25.4. The van der Waals surface area contributed by atoms with Crippen molar-refractivity contribution in [2.24, 2.45) is 0 Å². The molecule has 0 atom stereocenters. The molecule has 0 aliphatic heterocycles. The van der Waals surface area contributed by atoms with E-state index in [1.54, 1.807) is 0 Å². The van der Waals surface area contributed by atoms with Crippen molar-refractivity contribution in [3.8, 4) is 78.4 Å². The third-order valence-corrected chi connectivity index (χ3v) is 27.9. The van der Waals surface area contributed by atoms with Crippen molar-refractivity contribution in [1.82, 2.24) is 18.3 Å². The molecule has 0 bridgehead atoms. The number of aromatic nitrogens is 4. The number of benzene rings is 18. The molecule has 7 aromatic heterocycles. The highest BCUT2D eigenvalue weighted by Gasteiger charge is 2.36. The lowest BCUT2D eigenvalue weighted by atomic mass is 9.81. The van der Waals surface area contributed by atoms with Gasteiger partial charge in [0.25, 0.3) is 0 Å². The van der Waals surface area contributed by atoms with Gasteiger partial charge in [-0.15, -0.1) is 22.7 Å². The van der Waals surface area contributed by atoms with Crippen molar-refractivity contribution >= 4 is 172 Å². The summed E-state index contributed by atoms with van der Waals surface area (Å²) < 4.78 is 21.3. The molecule has 18 aromatic carbocycles. The Kier molecular flexibility index (Phi) is 14.5. The zero-order valence-corrected chi connectivity index (χ0v) is 66.1. The molecule has 1 aliphatic rings. The molecule has 0 amide bonds. The summed E-state index contributed by atoms with van der Waals surface area (Å²) in [5.41, 5.74) is 31.4. The standard InChI is InChI=1S/C57H38N2S.C54H32N2OS/c1-57(2)48-22-10-6-17-40(48)41-29-27-36(32-49(41)57)45-33-38(34-47-43-19-9-13-26-54(43)60-56(45)47)59-50-23-11-7-18-42(50)46-31-35(28-30-52(46)59)39-21-14-25-53-55(39)44-20-8-12-24-51(44)58(53)37-15-4-3-5-16-37;1-2-13-35(14-3-1)55-47-21-9-5-18-41(47)53-37(19-12-22-49(53)55)33-25-27-48-43(29-33)38-15-4-8-20-46(38)56(48)36-31-42(54-45(32-36)40-17-7-11-24-52(40)58-54)34-26-28-51-44(30-34)39-16-6-10-23-50(39)57-51/h3-34H,1-2H3;1-32H. The number of hydrogen-bond acceptors (Lipinski definition) is 3. The number of fused-ring (bicyclic) bond motifs is 24. The van der Waals surface area contributed by atoms with Gasteiger partial charge < -0.3 is 22.7 Å². The summed E-state index contributed by atoms with van der Waals surface area (Å²) in [6.07, 6.45) is 0. The first-order valence-corrected chi connectivity index (χ1v) is 42.2. The quantitative estimate of drug-likeness (QED) is 0.149. The average molecular weight is 1540 g/mol. The van der Waals surface area contributed by atoms with Crippen molar-refractivity contribution in [2.75, 3.05) is 0 Å². The van der Waals surface area contributed by atoms with E-state index in [0.29, 0.717) is 0 Å². The summed E-state index contributed by atoms with van der Waals surface area (Å²) in [5, 5.41) is 17.5. The number of rotatable bonds is 8.